The van der Waals surface area contributed by atoms with Crippen molar-refractivity contribution in [2.75, 3.05) is 19.7 Å². The van der Waals surface area contributed by atoms with Gasteiger partial charge in [0, 0.05) is 41.0 Å². The van der Waals surface area contributed by atoms with Crippen LogP contribution < -0.4 is 0 Å². The molecule has 0 aliphatic carbocycles. The summed E-state index contributed by atoms with van der Waals surface area (Å²) in [6, 6.07) is 6.19. The van der Waals surface area contributed by atoms with Gasteiger partial charge in [0.25, 0.3) is 0 Å². The maximum absolute atomic E-state index is 6.29. The summed E-state index contributed by atoms with van der Waals surface area (Å²) in [5, 5.41) is 0.770. The summed E-state index contributed by atoms with van der Waals surface area (Å²) >= 11 is 8.15. The first-order valence-corrected chi connectivity index (χ1v) is 14.4. The quantitative estimate of drug-likeness (QED) is 0.0771. The molecule has 5 heteroatoms. The Morgan fingerprint density at radius 2 is 1.89 bits per heavy atom. The van der Waals surface area contributed by atoms with Crippen LogP contribution in [0, 0.1) is 5.92 Å². The molecule has 1 aromatic carbocycles. The average Bonchev–Trinajstić information content (AvgIpc) is 2.92. The van der Waals surface area contributed by atoms with Crippen LogP contribution in [0.5, 0.6) is 0 Å². The van der Waals surface area contributed by atoms with E-state index in [2.05, 4.69) is 68.0 Å². The number of hydrogen-bond acceptors (Lipinski definition) is 4. The van der Waals surface area contributed by atoms with Crippen LogP contribution in [0.4, 0.5) is 0 Å². The average molecular weight is 541 g/mol. The highest BCUT2D eigenvalue weighted by Crippen LogP contribution is 2.33. The fourth-order valence-corrected chi connectivity index (χ4v) is 4.66. The molecule has 1 aliphatic heterocycles. The molecule has 202 valence electrons. The summed E-state index contributed by atoms with van der Waals surface area (Å²) in [6.07, 6.45) is 21.8. The molecular weight excluding hydrogens is 496 g/mol. The standard InChI is InChI=1S/C28H37ClN2OS.C4H8/c1-5-8-17-30-21-23(4)22-32-27(7-3)12-10-9-11-25-20-26(29)13-14-28(25)33-31-18-15-24(6-2)16-19-31;1-3-4-2/h7-10,12-14,17,20-21,24H,3-6,11,15-16,18-19,22H2,1-2H3;3H,1,4H2,2H3/b10-9-,17-8-,27-12+,30-21?;. The lowest BCUT2D eigenvalue weighted by Crippen LogP contribution is -2.28. The lowest BCUT2D eigenvalue weighted by molar-refractivity contribution is 0.258. The van der Waals surface area contributed by atoms with Crippen molar-refractivity contribution in [2.45, 2.75) is 64.2 Å². The maximum atomic E-state index is 6.29. The lowest BCUT2D eigenvalue weighted by atomic mass is 9.96. The summed E-state index contributed by atoms with van der Waals surface area (Å²) in [4.78, 5) is 5.45. The molecule has 0 spiro atoms. The van der Waals surface area contributed by atoms with Gasteiger partial charge in [-0.25, -0.2) is 4.31 Å². The molecule has 0 bridgehead atoms. The molecule has 0 aromatic heterocycles. The Labute approximate surface area is 235 Å². The highest BCUT2D eigenvalue weighted by molar-refractivity contribution is 7.97. The van der Waals surface area contributed by atoms with Gasteiger partial charge in [0.2, 0.25) is 0 Å². The van der Waals surface area contributed by atoms with Crippen LogP contribution in [0.1, 0.15) is 58.4 Å². The predicted octanol–water partition coefficient (Wildman–Crippen LogP) is 9.79. The Balaban J connectivity index is 0.00000159. The van der Waals surface area contributed by atoms with Gasteiger partial charge in [0.05, 0.1) is 0 Å². The van der Waals surface area contributed by atoms with Crippen LogP contribution in [-0.2, 0) is 11.2 Å². The van der Waals surface area contributed by atoms with Crippen molar-refractivity contribution in [3.8, 4) is 0 Å². The van der Waals surface area contributed by atoms with E-state index in [1.165, 1.54) is 29.7 Å². The highest BCUT2D eigenvalue weighted by Gasteiger charge is 2.19. The molecular formula is C32H45ClN2OS. The van der Waals surface area contributed by atoms with Crippen molar-refractivity contribution in [1.29, 1.82) is 0 Å². The van der Waals surface area contributed by atoms with Gasteiger partial charge < -0.3 is 4.74 Å². The van der Waals surface area contributed by atoms with Gasteiger partial charge >= 0.3 is 0 Å². The van der Waals surface area contributed by atoms with Gasteiger partial charge in [0.1, 0.15) is 12.4 Å². The lowest BCUT2D eigenvalue weighted by Gasteiger charge is -2.30. The summed E-state index contributed by atoms with van der Waals surface area (Å²) in [5.74, 6) is 1.58. The van der Waals surface area contributed by atoms with E-state index < -0.39 is 0 Å². The minimum Gasteiger partial charge on any atom is -0.489 e. The predicted molar refractivity (Wildman–Crippen MR) is 167 cm³/mol. The van der Waals surface area contributed by atoms with Crippen molar-refractivity contribution in [3.63, 3.8) is 0 Å². The Morgan fingerprint density at radius 1 is 1.16 bits per heavy atom. The van der Waals surface area contributed by atoms with Crippen LogP contribution in [0.3, 0.4) is 0 Å². The zero-order chi connectivity index (χ0) is 27.3. The van der Waals surface area contributed by atoms with Gasteiger partial charge in [-0.05, 0) is 85.9 Å². The summed E-state index contributed by atoms with van der Waals surface area (Å²) in [6.45, 7) is 20.4. The summed E-state index contributed by atoms with van der Waals surface area (Å²) in [5.41, 5.74) is 2.04. The minimum absolute atomic E-state index is 0.374. The zero-order valence-electron chi connectivity index (χ0n) is 23.0. The van der Waals surface area contributed by atoms with E-state index in [1.54, 1.807) is 18.5 Å². The molecule has 1 saturated heterocycles. The second-order valence-electron chi connectivity index (χ2n) is 8.74. The van der Waals surface area contributed by atoms with Crippen molar-refractivity contribution in [1.82, 2.24) is 4.31 Å². The zero-order valence-corrected chi connectivity index (χ0v) is 24.6. The first-order chi connectivity index (χ1) is 18.0. The van der Waals surface area contributed by atoms with Gasteiger partial charge in [-0.1, -0.05) is 76.3 Å². The number of allylic oxidation sites excluding steroid dienone is 6. The van der Waals surface area contributed by atoms with Gasteiger partial charge in [-0.2, -0.15) is 0 Å². The molecule has 0 N–H and O–H groups in total. The third-order valence-corrected chi connectivity index (χ3v) is 7.19. The van der Waals surface area contributed by atoms with E-state index in [-0.39, 0.29) is 0 Å². The van der Waals surface area contributed by atoms with E-state index in [0.29, 0.717) is 12.4 Å². The maximum Gasteiger partial charge on any atom is 0.119 e. The third kappa shape index (κ3) is 14.9. The molecule has 0 atom stereocenters. The van der Waals surface area contributed by atoms with E-state index in [1.807, 2.05) is 42.3 Å². The second-order valence-corrected chi connectivity index (χ2v) is 10.3. The molecule has 1 heterocycles. The van der Waals surface area contributed by atoms with Crippen LogP contribution in [-0.4, -0.2) is 30.2 Å². The molecule has 1 aliphatic rings. The molecule has 37 heavy (non-hydrogen) atoms. The number of nitrogens with zero attached hydrogens (tertiary/aromatic N) is 2. The molecule has 1 aromatic rings. The van der Waals surface area contributed by atoms with E-state index in [0.717, 1.165) is 48.9 Å². The number of aliphatic imine (C=N–C) groups is 1. The van der Waals surface area contributed by atoms with Crippen molar-refractivity contribution in [2.24, 2.45) is 10.9 Å². The largest absolute Gasteiger partial charge is 0.489 e. The van der Waals surface area contributed by atoms with E-state index in [9.17, 15) is 0 Å². The highest BCUT2D eigenvalue weighted by atomic mass is 35.5. The second kappa shape index (κ2) is 20.7. The topological polar surface area (TPSA) is 24.8 Å². The fraction of sp³-hybridized carbons (Fsp3) is 0.406. The number of hydrogen-bond donors (Lipinski definition) is 0. The number of rotatable bonds is 14. The molecule has 0 radical (unpaired) electrons. The van der Waals surface area contributed by atoms with Crippen LogP contribution >= 0.6 is 23.5 Å². The first kappa shape index (κ1) is 32.8. The monoisotopic (exact) mass is 540 g/mol. The van der Waals surface area contributed by atoms with Crippen molar-refractivity contribution < 1.29 is 4.74 Å². The van der Waals surface area contributed by atoms with Gasteiger partial charge in [0.15, 0.2) is 0 Å². The van der Waals surface area contributed by atoms with Crippen LogP contribution in [0.15, 0.2) is 102 Å². The molecule has 2 rings (SSSR count). The van der Waals surface area contributed by atoms with Crippen molar-refractivity contribution >= 4 is 29.8 Å². The Kier molecular flexibility index (Phi) is 18.4. The third-order valence-electron chi connectivity index (χ3n) is 5.73. The number of piperidine rings is 1. The smallest absolute Gasteiger partial charge is 0.119 e. The fourth-order valence-electron chi connectivity index (χ4n) is 3.41. The molecule has 0 saturated carbocycles. The molecule has 0 unspecified atom stereocenters. The molecule has 0 amide bonds. The first-order valence-electron chi connectivity index (χ1n) is 13.3. The van der Waals surface area contributed by atoms with E-state index >= 15 is 0 Å². The van der Waals surface area contributed by atoms with Crippen LogP contribution in [0.25, 0.3) is 0 Å². The number of benzene rings is 1. The van der Waals surface area contributed by atoms with Gasteiger partial charge in [-0.15, -0.1) is 6.58 Å². The van der Waals surface area contributed by atoms with E-state index in [4.69, 9.17) is 16.3 Å². The van der Waals surface area contributed by atoms with Crippen LogP contribution in [0.2, 0.25) is 5.02 Å². The summed E-state index contributed by atoms with van der Waals surface area (Å²) in [7, 11) is 0. The molecule has 3 nitrogen and oxygen atoms in total. The van der Waals surface area contributed by atoms with Crippen molar-refractivity contribution in [3.05, 3.63) is 103 Å². The SMILES string of the molecule is C=C/C(=C\C=C/Cc1cc(Cl)ccc1SN1CCC(CC)CC1)OCC(=C)C=N/C=C\CC.C=CCC. The summed E-state index contributed by atoms with van der Waals surface area (Å²) < 4.78 is 8.26. The number of halogens is 1. The van der Waals surface area contributed by atoms with Gasteiger partial charge in [-0.3, -0.25) is 4.99 Å². The Morgan fingerprint density at radius 3 is 2.51 bits per heavy atom. The Bertz CT molecular complexity index is 940. The Hall–Kier alpha value is -2.27. The normalized spacial score (nSPS) is 15.2. The molecule has 1 fully saturated rings. The minimum atomic E-state index is 0.374. The number of ether oxygens (including phenoxy) is 1.